The molecule has 1 amide bonds. The Kier molecular flexibility index (Phi) is 8.93. The molecule has 7 rings (SSSR count). The maximum atomic E-state index is 14.1. The monoisotopic (exact) mass is 605 g/mol. The molecule has 5 nitrogen and oxygen atoms in total. The highest BCUT2D eigenvalue weighted by molar-refractivity contribution is 5.87. The second kappa shape index (κ2) is 13.9. The van der Waals surface area contributed by atoms with Crippen LogP contribution in [0.4, 0.5) is 0 Å². The van der Waals surface area contributed by atoms with Crippen LogP contribution in [0.3, 0.4) is 0 Å². The summed E-state index contributed by atoms with van der Waals surface area (Å²) in [6.45, 7) is 4.92. The number of hydrogen-bond acceptors (Lipinski definition) is 3. The lowest BCUT2D eigenvalue weighted by Crippen LogP contribution is -2.48. The number of fused-ring (bicyclic) bond motifs is 1. The number of aromatic nitrogens is 1. The van der Waals surface area contributed by atoms with Crippen LogP contribution in [0.15, 0.2) is 146 Å². The molecule has 1 fully saturated rings. The second-order valence-electron chi connectivity index (χ2n) is 12.1. The van der Waals surface area contributed by atoms with Crippen LogP contribution < -0.4 is 4.74 Å². The minimum absolute atomic E-state index is 0.129. The van der Waals surface area contributed by atoms with Crippen LogP contribution in [0.5, 0.6) is 11.5 Å². The largest absolute Gasteiger partial charge is 0.457 e. The molecule has 5 heteroatoms. The van der Waals surface area contributed by atoms with Crippen molar-refractivity contribution < 1.29 is 9.53 Å². The summed E-state index contributed by atoms with van der Waals surface area (Å²) >= 11 is 0. The molecule has 0 N–H and O–H groups in total. The predicted octanol–water partition coefficient (Wildman–Crippen LogP) is 8.35. The van der Waals surface area contributed by atoms with Crippen molar-refractivity contribution >= 4 is 16.8 Å². The highest BCUT2D eigenvalue weighted by atomic mass is 16.5. The molecule has 2 heterocycles. The number of amides is 1. The SMILES string of the molecule is O=C(C[C@H](c1cccc(Oc2ccccc2)c1)c1cn(Cc2ccccc2)c2ccccc12)N1CCN(Cc2ccccc2)CC1. The minimum Gasteiger partial charge on any atom is -0.457 e. The second-order valence-corrected chi connectivity index (χ2v) is 12.1. The van der Waals surface area contributed by atoms with Gasteiger partial charge in [0, 0.05) is 68.7 Å². The van der Waals surface area contributed by atoms with Crippen LogP contribution in [0.25, 0.3) is 10.9 Å². The van der Waals surface area contributed by atoms with E-state index in [2.05, 4.69) is 118 Å². The molecule has 230 valence electrons. The number of carbonyl (C=O) groups excluding carboxylic acids is 1. The summed E-state index contributed by atoms with van der Waals surface area (Å²) in [6, 6.07) is 47.8. The van der Waals surface area contributed by atoms with E-state index in [0.717, 1.165) is 56.3 Å². The summed E-state index contributed by atoms with van der Waals surface area (Å²) in [5.74, 6) is 1.62. The molecule has 1 aliphatic rings. The van der Waals surface area contributed by atoms with E-state index in [9.17, 15) is 4.79 Å². The number of hydrogen-bond donors (Lipinski definition) is 0. The van der Waals surface area contributed by atoms with E-state index < -0.39 is 0 Å². The molecule has 5 aromatic carbocycles. The third-order valence-corrected chi connectivity index (χ3v) is 8.98. The summed E-state index contributed by atoms with van der Waals surface area (Å²) in [7, 11) is 0. The lowest BCUT2D eigenvalue weighted by Gasteiger charge is -2.35. The van der Waals surface area contributed by atoms with Gasteiger partial charge in [-0.2, -0.15) is 0 Å². The molecule has 0 aliphatic carbocycles. The highest BCUT2D eigenvalue weighted by Gasteiger charge is 2.28. The number of benzene rings is 5. The number of ether oxygens (including phenoxy) is 1. The van der Waals surface area contributed by atoms with E-state index in [1.54, 1.807) is 0 Å². The number of carbonyl (C=O) groups is 1. The Labute approximate surface area is 271 Å². The van der Waals surface area contributed by atoms with Crippen molar-refractivity contribution in [2.24, 2.45) is 0 Å². The van der Waals surface area contributed by atoms with Gasteiger partial charge in [-0.15, -0.1) is 0 Å². The van der Waals surface area contributed by atoms with Crippen molar-refractivity contribution in [2.75, 3.05) is 26.2 Å². The third-order valence-electron chi connectivity index (χ3n) is 8.98. The first-order valence-corrected chi connectivity index (χ1v) is 16.2. The van der Waals surface area contributed by atoms with E-state index in [4.69, 9.17) is 4.74 Å². The van der Waals surface area contributed by atoms with E-state index in [1.807, 2.05) is 42.5 Å². The van der Waals surface area contributed by atoms with Crippen LogP contribution in [0, 0.1) is 0 Å². The van der Waals surface area contributed by atoms with Gasteiger partial charge in [0.25, 0.3) is 0 Å². The fraction of sp³-hybridized carbons (Fsp3) is 0.195. The number of nitrogens with zero attached hydrogens (tertiary/aromatic N) is 3. The van der Waals surface area contributed by atoms with Crippen molar-refractivity contribution in [2.45, 2.75) is 25.4 Å². The Balaban J connectivity index is 1.18. The standard InChI is InChI=1S/C41H39N3O2/c45-41(43-25-23-42(24-26-43)29-32-13-4-1-5-14-32)28-38(34-17-12-20-36(27-34)46-35-18-8-3-9-19-35)39-31-44(30-33-15-6-2-7-16-33)40-22-11-10-21-37(39)40/h1-22,27,31,38H,23-26,28-30H2/t38-/m1/s1. The smallest absolute Gasteiger partial charge is 0.223 e. The van der Waals surface area contributed by atoms with Gasteiger partial charge < -0.3 is 14.2 Å². The van der Waals surface area contributed by atoms with Gasteiger partial charge in [0.05, 0.1) is 0 Å². The van der Waals surface area contributed by atoms with Gasteiger partial charge in [0.1, 0.15) is 11.5 Å². The van der Waals surface area contributed by atoms with Crippen LogP contribution in [-0.2, 0) is 17.9 Å². The van der Waals surface area contributed by atoms with Gasteiger partial charge in [0.2, 0.25) is 5.91 Å². The number of para-hydroxylation sites is 2. The van der Waals surface area contributed by atoms with Crippen molar-refractivity contribution in [1.29, 1.82) is 0 Å². The molecule has 0 unspecified atom stereocenters. The summed E-state index contributed by atoms with van der Waals surface area (Å²) in [5.41, 5.74) is 5.97. The van der Waals surface area contributed by atoms with E-state index in [1.165, 1.54) is 27.6 Å². The molecule has 0 radical (unpaired) electrons. The molecule has 1 saturated heterocycles. The van der Waals surface area contributed by atoms with E-state index >= 15 is 0 Å². The molecule has 0 saturated carbocycles. The van der Waals surface area contributed by atoms with Gasteiger partial charge >= 0.3 is 0 Å². The number of rotatable bonds is 10. The zero-order valence-corrected chi connectivity index (χ0v) is 26.0. The quantitative estimate of drug-likeness (QED) is 0.158. The molecule has 1 aliphatic heterocycles. The van der Waals surface area contributed by atoms with E-state index in [-0.39, 0.29) is 11.8 Å². The molecular weight excluding hydrogens is 566 g/mol. The van der Waals surface area contributed by atoms with Crippen LogP contribution in [0.1, 0.15) is 34.6 Å². The first-order valence-electron chi connectivity index (χ1n) is 16.2. The lowest BCUT2D eigenvalue weighted by molar-refractivity contribution is -0.133. The summed E-state index contributed by atoms with van der Waals surface area (Å²) in [5, 5.41) is 1.18. The molecular formula is C41H39N3O2. The van der Waals surface area contributed by atoms with Crippen LogP contribution >= 0.6 is 0 Å². The van der Waals surface area contributed by atoms with Gasteiger partial charge in [-0.3, -0.25) is 9.69 Å². The summed E-state index contributed by atoms with van der Waals surface area (Å²) < 4.78 is 8.58. The maximum Gasteiger partial charge on any atom is 0.223 e. The molecule has 0 bridgehead atoms. The Morgan fingerprint density at radius 2 is 1.24 bits per heavy atom. The van der Waals surface area contributed by atoms with Crippen molar-refractivity contribution in [3.8, 4) is 11.5 Å². The highest BCUT2D eigenvalue weighted by Crippen LogP contribution is 2.37. The van der Waals surface area contributed by atoms with Crippen LogP contribution in [-0.4, -0.2) is 46.5 Å². The number of piperazine rings is 1. The first kappa shape index (κ1) is 29.6. The molecule has 46 heavy (non-hydrogen) atoms. The lowest BCUT2D eigenvalue weighted by atomic mass is 9.87. The van der Waals surface area contributed by atoms with Gasteiger partial charge in [-0.1, -0.05) is 109 Å². The third kappa shape index (κ3) is 6.90. The van der Waals surface area contributed by atoms with Gasteiger partial charge in [-0.05, 0) is 52.6 Å². The predicted molar refractivity (Wildman–Crippen MR) is 185 cm³/mol. The van der Waals surface area contributed by atoms with Crippen LogP contribution in [0.2, 0.25) is 0 Å². The van der Waals surface area contributed by atoms with Crippen molar-refractivity contribution in [3.63, 3.8) is 0 Å². The Morgan fingerprint density at radius 3 is 1.96 bits per heavy atom. The molecule has 1 atom stereocenters. The Bertz CT molecular complexity index is 1880. The average Bonchev–Trinajstić information content (AvgIpc) is 3.46. The topological polar surface area (TPSA) is 37.7 Å². The molecule has 6 aromatic rings. The fourth-order valence-corrected chi connectivity index (χ4v) is 6.59. The molecule has 1 aromatic heterocycles. The average molecular weight is 606 g/mol. The normalized spacial score (nSPS) is 14.3. The fourth-order valence-electron chi connectivity index (χ4n) is 6.59. The van der Waals surface area contributed by atoms with Gasteiger partial charge in [0.15, 0.2) is 0 Å². The molecule has 0 spiro atoms. The minimum atomic E-state index is -0.129. The van der Waals surface area contributed by atoms with Crippen molar-refractivity contribution in [1.82, 2.24) is 14.4 Å². The van der Waals surface area contributed by atoms with Crippen molar-refractivity contribution in [3.05, 3.63) is 168 Å². The zero-order valence-electron chi connectivity index (χ0n) is 26.0. The Morgan fingerprint density at radius 1 is 0.630 bits per heavy atom. The van der Waals surface area contributed by atoms with E-state index in [0.29, 0.717) is 6.42 Å². The summed E-state index contributed by atoms with van der Waals surface area (Å²) in [4.78, 5) is 18.6. The zero-order chi connectivity index (χ0) is 31.1. The summed E-state index contributed by atoms with van der Waals surface area (Å²) in [6.07, 6.45) is 2.66. The van der Waals surface area contributed by atoms with Gasteiger partial charge in [-0.25, -0.2) is 0 Å². The maximum absolute atomic E-state index is 14.1. The Hall–Kier alpha value is -5.13. The first-order chi connectivity index (χ1) is 22.7.